The smallest absolute Gasteiger partial charge is 0.162 e. The van der Waals surface area contributed by atoms with E-state index in [1.807, 2.05) is 17.5 Å². The Morgan fingerprint density at radius 1 is 1.19 bits per heavy atom. The van der Waals surface area contributed by atoms with Gasteiger partial charge in [-0.1, -0.05) is 24.7 Å². The molecular weight excluding hydrogens is 356 g/mol. The molecule has 1 aliphatic carbocycles. The standard InChI is InChI=1S/C21H22N4OS/c1-21(2,26)10-7-15-13-27-18-17(15)24-19(14-8-11-22-12-9-14)25-20(18)23-16-5-3-4-6-16/h8-9,11-13,16,26H,3-6H2,1-2H3,(H,23,24,25). The van der Waals surface area contributed by atoms with Crippen molar-refractivity contribution < 1.29 is 5.11 Å². The number of thiophene rings is 1. The van der Waals surface area contributed by atoms with Gasteiger partial charge in [0.2, 0.25) is 0 Å². The summed E-state index contributed by atoms with van der Waals surface area (Å²) in [6, 6.07) is 4.28. The van der Waals surface area contributed by atoms with Crippen LogP contribution in [0, 0.1) is 11.8 Å². The lowest BCUT2D eigenvalue weighted by molar-refractivity contribution is 0.143. The molecule has 6 heteroatoms. The number of rotatable bonds is 3. The van der Waals surface area contributed by atoms with Crippen LogP contribution in [0.1, 0.15) is 45.1 Å². The SMILES string of the molecule is CC(C)(O)C#Cc1csc2c(NC3CCCC3)nc(-c3ccncc3)nc12. The van der Waals surface area contributed by atoms with Crippen LogP contribution < -0.4 is 5.32 Å². The molecule has 0 radical (unpaired) electrons. The third-order valence-corrected chi connectivity index (χ3v) is 5.53. The van der Waals surface area contributed by atoms with Crippen LogP contribution in [0.25, 0.3) is 21.6 Å². The van der Waals surface area contributed by atoms with Crippen LogP contribution in [0.4, 0.5) is 5.82 Å². The molecule has 27 heavy (non-hydrogen) atoms. The van der Waals surface area contributed by atoms with Gasteiger partial charge in [-0.15, -0.1) is 11.3 Å². The van der Waals surface area contributed by atoms with Gasteiger partial charge in [0, 0.05) is 29.4 Å². The quantitative estimate of drug-likeness (QED) is 0.668. The molecule has 2 N–H and O–H groups in total. The molecule has 0 saturated heterocycles. The Balaban J connectivity index is 1.84. The van der Waals surface area contributed by atoms with Gasteiger partial charge in [-0.3, -0.25) is 4.98 Å². The van der Waals surface area contributed by atoms with Gasteiger partial charge < -0.3 is 10.4 Å². The number of nitrogens with zero attached hydrogens (tertiary/aromatic N) is 3. The van der Waals surface area contributed by atoms with E-state index in [0.29, 0.717) is 11.9 Å². The highest BCUT2D eigenvalue weighted by Gasteiger charge is 2.19. The van der Waals surface area contributed by atoms with Crippen molar-refractivity contribution in [3.8, 4) is 23.2 Å². The zero-order valence-electron chi connectivity index (χ0n) is 15.5. The van der Waals surface area contributed by atoms with E-state index in [2.05, 4.69) is 22.1 Å². The van der Waals surface area contributed by atoms with E-state index in [9.17, 15) is 5.11 Å². The first-order valence-corrected chi connectivity index (χ1v) is 10.1. The number of fused-ring (bicyclic) bond motifs is 1. The van der Waals surface area contributed by atoms with Crippen LogP contribution in [0.2, 0.25) is 0 Å². The fourth-order valence-electron chi connectivity index (χ4n) is 3.22. The Kier molecular flexibility index (Phi) is 4.81. The molecular formula is C21H22N4OS. The Bertz CT molecular complexity index is 1010. The molecule has 0 amide bonds. The monoisotopic (exact) mass is 378 g/mol. The lowest BCUT2D eigenvalue weighted by Gasteiger charge is -2.14. The average Bonchev–Trinajstić information content (AvgIpc) is 3.30. The fraction of sp³-hybridized carbons (Fsp3) is 0.381. The molecule has 0 spiro atoms. The molecule has 1 saturated carbocycles. The summed E-state index contributed by atoms with van der Waals surface area (Å²) in [6.07, 6.45) is 8.36. The first-order valence-electron chi connectivity index (χ1n) is 9.21. The highest BCUT2D eigenvalue weighted by molar-refractivity contribution is 7.18. The Morgan fingerprint density at radius 3 is 2.63 bits per heavy atom. The molecule has 138 valence electrons. The minimum atomic E-state index is -1.04. The molecule has 3 aromatic rings. The molecule has 0 atom stereocenters. The van der Waals surface area contributed by atoms with Gasteiger partial charge in [0.1, 0.15) is 16.9 Å². The predicted octanol–water partition coefficient (Wildman–Crippen LogP) is 4.23. The van der Waals surface area contributed by atoms with Crippen molar-refractivity contribution in [3.63, 3.8) is 0 Å². The zero-order valence-corrected chi connectivity index (χ0v) is 16.3. The summed E-state index contributed by atoms with van der Waals surface area (Å²) in [5.41, 5.74) is 1.54. The Labute approximate surface area is 162 Å². The van der Waals surface area contributed by atoms with Gasteiger partial charge in [-0.25, -0.2) is 9.97 Å². The van der Waals surface area contributed by atoms with Crippen molar-refractivity contribution in [2.24, 2.45) is 0 Å². The zero-order chi connectivity index (χ0) is 18.9. The highest BCUT2D eigenvalue weighted by Crippen LogP contribution is 2.33. The summed E-state index contributed by atoms with van der Waals surface area (Å²) in [6.45, 7) is 3.36. The summed E-state index contributed by atoms with van der Waals surface area (Å²) >= 11 is 1.59. The topological polar surface area (TPSA) is 70.9 Å². The summed E-state index contributed by atoms with van der Waals surface area (Å²) in [5, 5.41) is 15.6. The van der Waals surface area contributed by atoms with Crippen molar-refractivity contribution in [3.05, 3.63) is 35.5 Å². The fourth-order valence-corrected chi connectivity index (χ4v) is 4.11. The molecule has 3 heterocycles. The summed E-state index contributed by atoms with van der Waals surface area (Å²) in [5.74, 6) is 7.51. The second kappa shape index (κ2) is 7.26. The van der Waals surface area contributed by atoms with E-state index in [0.717, 1.165) is 27.2 Å². The van der Waals surface area contributed by atoms with E-state index in [1.165, 1.54) is 25.7 Å². The average molecular weight is 379 g/mol. The lowest BCUT2D eigenvalue weighted by Crippen LogP contribution is -2.16. The third-order valence-electron chi connectivity index (χ3n) is 4.55. The maximum atomic E-state index is 9.94. The summed E-state index contributed by atoms with van der Waals surface area (Å²) < 4.78 is 1.01. The van der Waals surface area contributed by atoms with Crippen molar-refractivity contribution in [1.82, 2.24) is 15.0 Å². The molecule has 1 fully saturated rings. The van der Waals surface area contributed by atoms with E-state index < -0.39 is 5.60 Å². The highest BCUT2D eigenvalue weighted by atomic mass is 32.1. The Hall–Kier alpha value is -2.49. The first kappa shape index (κ1) is 17.9. The second-order valence-electron chi connectivity index (χ2n) is 7.39. The van der Waals surface area contributed by atoms with E-state index in [4.69, 9.17) is 9.97 Å². The van der Waals surface area contributed by atoms with Crippen molar-refractivity contribution in [2.75, 3.05) is 5.32 Å². The van der Waals surface area contributed by atoms with Gasteiger partial charge in [0.05, 0.1) is 10.3 Å². The van der Waals surface area contributed by atoms with Gasteiger partial charge in [0.25, 0.3) is 0 Å². The number of hydrogen-bond acceptors (Lipinski definition) is 6. The molecule has 0 aromatic carbocycles. The van der Waals surface area contributed by atoms with Crippen LogP contribution in [0.15, 0.2) is 29.9 Å². The van der Waals surface area contributed by atoms with Crippen LogP contribution in [-0.2, 0) is 0 Å². The maximum absolute atomic E-state index is 9.94. The number of aliphatic hydroxyl groups is 1. The summed E-state index contributed by atoms with van der Waals surface area (Å²) in [7, 11) is 0. The van der Waals surface area contributed by atoms with Crippen LogP contribution in [0.3, 0.4) is 0 Å². The lowest BCUT2D eigenvalue weighted by atomic mass is 10.1. The number of nitrogens with one attached hydrogen (secondary N) is 1. The van der Waals surface area contributed by atoms with Crippen molar-refractivity contribution in [2.45, 2.75) is 51.2 Å². The van der Waals surface area contributed by atoms with Crippen LogP contribution in [-0.4, -0.2) is 31.7 Å². The molecule has 3 aromatic heterocycles. The van der Waals surface area contributed by atoms with Gasteiger partial charge >= 0.3 is 0 Å². The predicted molar refractivity (Wildman–Crippen MR) is 110 cm³/mol. The van der Waals surface area contributed by atoms with E-state index >= 15 is 0 Å². The number of pyridine rings is 1. The van der Waals surface area contributed by atoms with Gasteiger partial charge in [-0.2, -0.15) is 0 Å². The normalized spacial score (nSPS) is 14.9. The van der Waals surface area contributed by atoms with Gasteiger partial charge in [-0.05, 0) is 38.8 Å². The van der Waals surface area contributed by atoms with Crippen LogP contribution >= 0.6 is 11.3 Å². The maximum Gasteiger partial charge on any atom is 0.162 e. The summed E-state index contributed by atoms with van der Waals surface area (Å²) in [4.78, 5) is 13.7. The molecule has 0 bridgehead atoms. The number of anilines is 1. The number of aromatic nitrogens is 3. The van der Waals surface area contributed by atoms with Crippen molar-refractivity contribution in [1.29, 1.82) is 0 Å². The minimum absolute atomic E-state index is 0.460. The largest absolute Gasteiger partial charge is 0.378 e. The first-order chi connectivity index (χ1) is 13.0. The third kappa shape index (κ3) is 4.10. The van der Waals surface area contributed by atoms with Crippen molar-refractivity contribution >= 4 is 27.4 Å². The minimum Gasteiger partial charge on any atom is -0.378 e. The Morgan fingerprint density at radius 2 is 1.93 bits per heavy atom. The van der Waals surface area contributed by atoms with E-state index in [1.54, 1.807) is 37.6 Å². The second-order valence-corrected chi connectivity index (χ2v) is 8.27. The van der Waals surface area contributed by atoms with E-state index in [-0.39, 0.29) is 0 Å². The molecule has 1 aliphatic rings. The molecule has 0 unspecified atom stereocenters. The van der Waals surface area contributed by atoms with Gasteiger partial charge in [0.15, 0.2) is 5.82 Å². The molecule has 4 rings (SSSR count). The van der Waals surface area contributed by atoms with Crippen LogP contribution in [0.5, 0.6) is 0 Å². The molecule has 5 nitrogen and oxygen atoms in total. The number of hydrogen-bond donors (Lipinski definition) is 2. The molecule has 0 aliphatic heterocycles.